The van der Waals surface area contributed by atoms with E-state index in [1.54, 1.807) is 30.3 Å². The highest BCUT2D eigenvalue weighted by molar-refractivity contribution is 6.34. The number of hydrogen-bond donors (Lipinski definition) is 3. The van der Waals surface area contributed by atoms with Crippen molar-refractivity contribution in [1.29, 1.82) is 0 Å². The van der Waals surface area contributed by atoms with Crippen LogP contribution in [0.2, 0.25) is 5.02 Å². The van der Waals surface area contributed by atoms with Gasteiger partial charge in [-0.2, -0.15) is 5.10 Å². The summed E-state index contributed by atoms with van der Waals surface area (Å²) in [6.45, 7) is 0.408. The molecule has 194 valence electrons. The zero-order valence-corrected chi connectivity index (χ0v) is 20.3. The molecule has 2 aromatic heterocycles. The van der Waals surface area contributed by atoms with Crippen molar-refractivity contribution in [3.63, 3.8) is 0 Å². The van der Waals surface area contributed by atoms with E-state index in [-0.39, 0.29) is 46.4 Å². The van der Waals surface area contributed by atoms with Crippen LogP contribution in [0.25, 0.3) is 16.9 Å². The summed E-state index contributed by atoms with van der Waals surface area (Å²) >= 11 is 6.17. The molecule has 2 aromatic carbocycles. The summed E-state index contributed by atoms with van der Waals surface area (Å²) in [4.78, 5) is 30.0. The van der Waals surface area contributed by atoms with E-state index in [1.807, 2.05) is 0 Å². The predicted molar refractivity (Wildman–Crippen MR) is 135 cm³/mol. The van der Waals surface area contributed by atoms with Gasteiger partial charge in [-0.05, 0) is 36.4 Å². The number of alkyl halides is 1. The van der Waals surface area contributed by atoms with E-state index in [4.69, 9.17) is 11.6 Å². The monoisotopic (exact) mass is 540 g/mol. The Morgan fingerprint density at radius 1 is 1.00 bits per heavy atom. The van der Waals surface area contributed by atoms with Crippen molar-refractivity contribution < 1.29 is 22.8 Å². The van der Waals surface area contributed by atoms with Gasteiger partial charge in [0.15, 0.2) is 5.69 Å². The van der Waals surface area contributed by atoms with Crippen molar-refractivity contribution in [1.82, 2.24) is 25.4 Å². The lowest BCUT2D eigenvalue weighted by Crippen LogP contribution is -2.41. The Bertz CT molecular complexity index is 1510. The standard InChI is InChI=1S/C26H20ClF3N6O2/c27-17-10-19(29)16(24-18(28)7-4-8-32-24)9-15(17)25(37)34-23-11-21(26(38)33-22-13-31-12-20(22)30)35-36(23)14-5-2-1-3-6-14/h1-11,20,22,31H,12-13H2,(H,33,38)(H,34,37)/t20-,22-/m0/s1. The zero-order chi connectivity index (χ0) is 26.8. The van der Waals surface area contributed by atoms with Gasteiger partial charge in [0.1, 0.15) is 29.3 Å². The second-order valence-corrected chi connectivity index (χ2v) is 8.92. The molecule has 1 aliphatic rings. The minimum Gasteiger partial charge on any atom is -0.344 e. The Kier molecular flexibility index (Phi) is 7.12. The smallest absolute Gasteiger partial charge is 0.272 e. The van der Waals surface area contributed by atoms with Crippen LogP contribution in [0.5, 0.6) is 0 Å². The van der Waals surface area contributed by atoms with Crippen LogP contribution in [0.1, 0.15) is 20.8 Å². The average Bonchev–Trinajstić information content (AvgIpc) is 3.51. The van der Waals surface area contributed by atoms with E-state index < -0.39 is 35.7 Å². The second-order valence-electron chi connectivity index (χ2n) is 8.52. The molecule has 2 amide bonds. The van der Waals surface area contributed by atoms with Gasteiger partial charge in [0.25, 0.3) is 11.8 Å². The van der Waals surface area contributed by atoms with Crippen LogP contribution in [-0.4, -0.2) is 51.9 Å². The van der Waals surface area contributed by atoms with Crippen LogP contribution < -0.4 is 16.0 Å². The Morgan fingerprint density at radius 2 is 1.79 bits per heavy atom. The van der Waals surface area contributed by atoms with Crippen molar-refractivity contribution in [2.75, 3.05) is 18.4 Å². The maximum Gasteiger partial charge on any atom is 0.272 e. The lowest BCUT2D eigenvalue weighted by Gasteiger charge is -2.12. The molecule has 0 spiro atoms. The van der Waals surface area contributed by atoms with Crippen molar-refractivity contribution in [2.45, 2.75) is 12.2 Å². The summed E-state index contributed by atoms with van der Waals surface area (Å²) in [5, 5.41) is 12.2. The Balaban J connectivity index is 1.48. The van der Waals surface area contributed by atoms with E-state index >= 15 is 0 Å². The fraction of sp³-hybridized carbons (Fsp3) is 0.154. The van der Waals surface area contributed by atoms with Crippen LogP contribution in [0.15, 0.2) is 66.9 Å². The molecule has 1 saturated heterocycles. The number of anilines is 1. The highest BCUT2D eigenvalue weighted by atomic mass is 35.5. The summed E-state index contributed by atoms with van der Waals surface area (Å²) in [5.41, 5.74) is -0.229. The third-order valence-corrected chi connectivity index (χ3v) is 6.27. The number of pyridine rings is 1. The Hall–Kier alpha value is -4.22. The molecular formula is C26H20ClF3N6O2. The Morgan fingerprint density at radius 3 is 2.50 bits per heavy atom. The largest absolute Gasteiger partial charge is 0.344 e. The van der Waals surface area contributed by atoms with Crippen LogP contribution in [0.3, 0.4) is 0 Å². The first-order chi connectivity index (χ1) is 18.3. The van der Waals surface area contributed by atoms with Gasteiger partial charge in [0.2, 0.25) is 0 Å². The van der Waals surface area contributed by atoms with Crippen molar-refractivity contribution in [2.24, 2.45) is 0 Å². The molecule has 8 nitrogen and oxygen atoms in total. The minimum atomic E-state index is -1.24. The second kappa shape index (κ2) is 10.6. The van der Waals surface area contributed by atoms with Crippen LogP contribution in [0, 0.1) is 11.6 Å². The number of carbonyl (C=O) groups is 2. The molecular weight excluding hydrogens is 521 g/mol. The maximum absolute atomic E-state index is 14.6. The molecule has 1 fully saturated rings. The molecule has 0 bridgehead atoms. The minimum absolute atomic E-state index is 0.0651. The summed E-state index contributed by atoms with van der Waals surface area (Å²) in [7, 11) is 0. The lowest BCUT2D eigenvalue weighted by molar-refractivity contribution is 0.0918. The molecule has 5 rings (SSSR count). The number of nitrogens with zero attached hydrogens (tertiary/aromatic N) is 3. The third-order valence-electron chi connectivity index (χ3n) is 5.96. The quantitative estimate of drug-likeness (QED) is 0.341. The van der Waals surface area contributed by atoms with Crippen molar-refractivity contribution in [3.05, 3.63) is 94.8 Å². The summed E-state index contributed by atoms with van der Waals surface area (Å²) < 4.78 is 44.2. The number of nitrogens with one attached hydrogen (secondary N) is 3. The van der Waals surface area contributed by atoms with Gasteiger partial charge in [-0.3, -0.25) is 14.6 Å². The van der Waals surface area contributed by atoms with Gasteiger partial charge in [-0.25, -0.2) is 17.9 Å². The zero-order valence-electron chi connectivity index (χ0n) is 19.6. The van der Waals surface area contributed by atoms with E-state index in [9.17, 15) is 22.8 Å². The molecule has 3 heterocycles. The fourth-order valence-corrected chi connectivity index (χ4v) is 4.29. The van der Waals surface area contributed by atoms with Gasteiger partial charge in [-0.1, -0.05) is 29.8 Å². The fourth-order valence-electron chi connectivity index (χ4n) is 4.05. The van der Waals surface area contributed by atoms with Crippen LogP contribution >= 0.6 is 11.6 Å². The highest BCUT2D eigenvalue weighted by Crippen LogP contribution is 2.30. The molecule has 0 aliphatic carbocycles. The number of amides is 2. The van der Waals surface area contributed by atoms with E-state index in [0.29, 0.717) is 5.69 Å². The SMILES string of the molecule is O=C(N[C@H]1CNC[C@@H]1F)c1cc(NC(=O)c2cc(-c3ncccc3F)c(F)cc2Cl)n(-c2ccccc2)n1. The predicted octanol–water partition coefficient (Wildman–Crippen LogP) is 4.16. The number of halogens is 4. The number of aromatic nitrogens is 3. The molecule has 0 saturated carbocycles. The van der Waals surface area contributed by atoms with Crippen LogP contribution in [0.4, 0.5) is 19.0 Å². The lowest BCUT2D eigenvalue weighted by atomic mass is 10.1. The van der Waals surface area contributed by atoms with Crippen molar-refractivity contribution in [3.8, 4) is 16.9 Å². The molecule has 0 radical (unpaired) electrons. The van der Waals surface area contributed by atoms with Gasteiger partial charge in [0.05, 0.1) is 22.3 Å². The number of rotatable bonds is 6. The topological polar surface area (TPSA) is 101 Å². The van der Waals surface area contributed by atoms with Crippen molar-refractivity contribution >= 4 is 29.2 Å². The maximum atomic E-state index is 14.6. The molecule has 1 aliphatic heterocycles. The van der Waals surface area contributed by atoms with Gasteiger partial charge >= 0.3 is 0 Å². The van der Waals surface area contributed by atoms with Gasteiger partial charge in [-0.15, -0.1) is 0 Å². The normalized spacial score (nSPS) is 16.8. The van der Waals surface area contributed by atoms with Gasteiger partial charge < -0.3 is 16.0 Å². The summed E-state index contributed by atoms with van der Waals surface area (Å²) in [6.07, 6.45) is 0.0531. The number of benzene rings is 2. The van der Waals surface area contributed by atoms with Gasteiger partial charge in [0, 0.05) is 30.9 Å². The number of para-hydroxylation sites is 1. The first kappa shape index (κ1) is 25.4. The molecule has 3 N–H and O–H groups in total. The molecule has 4 aromatic rings. The van der Waals surface area contributed by atoms with E-state index in [2.05, 4.69) is 26.0 Å². The average molecular weight is 541 g/mol. The third kappa shape index (κ3) is 5.11. The number of hydrogen-bond acceptors (Lipinski definition) is 5. The van der Waals surface area contributed by atoms with Crippen LogP contribution in [-0.2, 0) is 0 Å². The first-order valence-electron chi connectivity index (χ1n) is 11.5. The van der Waals surface area contributed by atoms with E-state index in [1.165, 1.54) is 23.0 Å². The summed E-state index contributed by atoms with van der Waals surface area (Å²) in [6, 6.07) is 13.8. The molecule has 0 unspecified atom stereocenters. The first-order valence-corrected chi connectivity index (χ1v) is 11.9. The summed E-state index contributed by atoms with van der Waals surface area (Å²) in [5.74, 6) is -2.92. The molecule has 2 atom stereocenters. The number of carbonyl (C=O) groups excluding carboxylic acids is 2. The molecule has 12 heteroatoms. The van der Waals surface area contributed by atoms with E-state index in [0.717, 1.165) is 18.2 Å². The Labute approximate surface area is 219 Å². The highest BCUT2D eigenvalue weighted by Gasteiger charge is 2.29. The molecule has 38 heavy (non-hydrogen) atoms.